The van der Waals surface area contributed by atoms with Gasteiger partial charge in [-0.25, -0.2) is 9.18 Å². The van der Waals surface area contributed by atoms with Crippen molar-refractivity contribution in [3.8, 4) is 28.4 Å². The molecule has 3 aromatic rings. The van der Waals surface area contributed by atoms with Gasteiger partial charge in [-0.15, -0.1) is 0 Å². The zero-order valence-corrected chi connectivity index (χ0v) is 22.7. The highest BCUT2D eigenvalue weighted by Crippen LogP contribution is 2.35. The van der Waals surface area contributed by atoms with E-state index in [1.807, 2.05) is 42.5 Å². The fraction of sp³-hybridized carbons (Fsp3) is 0.406. The molecule has 0 fully saturated rings. The minimum Gasteiger partial charge on any atom is -0.491 e. The van der Waals surface area contributed by atoms with Crippen molar-refractivity contribution < 1.29 is 28.1 Å². The van der Waals surface area contributed by atoms with E-state index in [0.717, 1.165) is 24.0 Å². The summed E-state index contributed by atoms with van der Waals surface area (Å²) in [6.07, 6.45) is 6.10. The SMILES string of the molecule is CCCCCCCCOc1ccc(-c2ccc(O[C@H](C)C(=O)OCC)c(OCc3ccccc3)c2)cc1F. The van der Waals surface area contributed by atoms with Crippen LogP contribution in [0.3, 0.4) is 0 Å². The number of benzene rings is 3. The summed E-state index contributed by atoms with van der Waals surface area (Å²) in [5, 5.41) is 0. The average Bonchev–Trinajstić information content (AvgIpc) is 2.93. The van der Waals surface area contributed by atoms with Crippen LogP contribution in [0, 0.1) is 5.82 Å². The first-order valence-corrected chi connectivity index (χ1v) is 13.6. The molecule has 0 amide bonds. The molecule has 0 aromatic heterocycles. The Balaban J connectivity index is 1.72. The zero-order valence-electron chi connectivity index (χ0n) is 22.7. The van der Waals surface area contributed by atoms with E-state index >= 15 is 0 Å². The van der Waals surface area contributed by atoms with Gasteiger partial charge >= 0.3 is 5.97 Å². The Bertz CT molecular complexity index is 1130. The van der Waals surface area contributed by atoms with Crippen LogP contribution in [0.1, 0.15) is 64.9 Å². The van der Waals surface area contributed by atoms with Gasteiger partial charge in [0.1, 0.15) is 6.61 Å². The van der Waals surface area contributed by atoms with Gasteiger partial charge in [0, 0.05) is 0 Å². The molecular weight excluding hydrogens is 483 g/mol. The third-order valence-electron chi connectivity index (χ3n) is 6.12. The molecule has 3 rings (SSSR count). The minimum atomic E-state index is -0.805. The monoisotopic (exact) mass is 522 g/mol. The maximum absolute atomic E-state index is 14.9. The van der Waals surface area contributed by atoms with Crippen molar-refractivity contribution in [2.24, 2.45) is 0 Å². The molecule has 0 aliphatic heterocycles. The van der Waals surface area contributed by atoms with Crippen LogP contribution in [0.4, 0.5) is 4.39 Å². The number of hydrogen-bond acceptors (Lipinski definition) is 5. The summed E-state index contributed by atoms with van der Waals surface area (Å²) in [4.78, 5) is 12.1. The smallest absolute Gasteiger partial charge is 0.347 e. The van der Waals surface area contributed by atoms with E-state index in [0.29, 0.717) is 30.3 Å². The highest BCUT2D eigenvalue weighted by Gasteiger charge is 2.19. The van der Waals surface area contributed by atoms with Crippen LogP contribution in [0.2, 0.25) is 0 Å². The van der Waals surface area contributed by atoms with Gasteiger partial charge in [-0.3, -0.25) is 0 Å². The zero-order chi connectivity index (χ0) is 27.2. The van der Waals surface area contributed by atoms with Gasteiger partial charge in [0.25, 0.3) is 0 Å². The molecule has 0 unspecified atom stereocenters. The van der Waals surface area contributed by atoms with Gasteiger partial charge in [0.15, 0.2) is 29.2 Å². The molecule has 3 aromatic carbocycles. The van der Waals surface area contributed by atoms with Gasteiger partial charge < -0.3 is 18.9 Å². The van der Waals surface area contributed by atoms with Crippen LogP contribution < -0.4 is 14.2 Å². The number of rotatable bonds is 16. The van der Waals surface area contributed by atoms with Crippen molar-refractivity contribution in [2.45, 2.75) is 72.0 Å². The van der Waals surface area contributed by atoms with Gasteiger partial charge in [0.05, 0.1) is 13.2 Å². The standard InChI is InChI=1S/C32H39FO5/c1-4-6-7-8-9-13-20-36-29-18-16-26(21-28(29)33)27-17-19-30(38-24(3)32(34)35-5-2)31(22-27)37-23-25-14-11-10-12-15-25/h10-12,14-19,21-22,24H,4-9,13,20,23H2,1-3H3/t24-/m1/s1. The lowest BCUT2D eigenvalue weighted by Gasteiger charge is -2.18. The summed E-state index contributed by atoms with van der Waals surface area (Å²) in [7, 11) is 0. The summed E-state index contributed by atoms with van der Waals surface area (Å²) in [5.74, 6) is 0.252. The van der Waals surface area contributed by atoms with Crippen molar-refractivity contribution in [1.29, 1.82) is 0 Å². The molecule has 0 aliphatic rings. The molecule has 5 nitrogen and oxygen atoms in total. The van der Waals surface area contributed by atoms with E-state index in [-0.39, 0.29) is 12.4 Å². The van der Waals surface area contributed by atoms with Gasteiger partial charge in [-0.2, -0.15) is 0 Å². The maximum Gasteiger partial charge on any atom is 0.347 e. The topological polar surface area (TPSA) is 54.0 Å². The quantitative estimate of drug-likeness (QED) is 0.140. The minimum absolute atomic E-state index is 0.256. The van der Waals surface area contributed by atoms with Gasteiger partial charge in [-0.05, 0) is 61.2 Å². The molecule has 38 heavy (non-hydrogen) atoms. The fourth-order valence-electron chi connectivity index (χ4n) is 3.99. The Morgan fingerprint density at radius 2 is 1.47 bits per heavy atom. The average molecular weight is 523 g/mol. The summed E-state index contributed by atoms with van der Waals surface area (Å²) < 4.78 is 37.6. The third-order valence-corrected chi connectivity index (χ3v) is 6.12. The summed E-state index contributed by atoms with van der Waals surface area (Å²) in [5.41, 5.74) is 2.43. The largest absolute Gasteiger partial charge is 0.491 e. The third kappa shape index (κ3) is 9.09. The summed E-state index contributed by atoms with van der Waals surface area (Å²) >= 11 is 0. The number of carbonyl (C=O) groups excluding carboxylic acids is 1. The molecular formula is C32H39FO5. The molecule has 204 valence electrons. The lowest BCUT2D eigenvalue weighted by atomic mass is 10.0. The van der Waals surface area contributed by atoms with E-state index < -0.39 is 17.9 Å². The van der Waals surface area contributed by atoms with E-state index in [2.05, 4.69) is 6.92 Å². The highest BCUT2D eigenvalue weighted by atomic mass is 19.1. The predicted molar refractivity (Wildman–Crippen MR) is 148 cm³/mol. The lowest BCUT2D eigenvalue weighted by Crippen LogP contribution is -2.26. The first-order chi connectivity index (χ1) is 18.5. The van der Waals surface area contributed by atoms with Crippen molar-refractivity contribution in [3.05, 3.63) is 78.1 Å². The molecule has 0 saturated heterocycles. The van der Waals surface area contributed by atoms with Crippen molar-refractivity contribution >= 4 is 5.97 Å². The number of hydrogen-bond donors (Lipinski definition) is 0. The van der Waals surface area contributed by atoms with Gasteiger partial charge in [0.2, 0.25) is 0 Å². The Morgan fingerprint density at radius 3 is 2.18 bits per heavy atom. The molecule has 0 radical (unpaired) electrons. The Hall–Kier alpha value is -3.54. The summed E-state index contributed by atoms with van der Waals surface area (Å²) in [6, 6.07) is 20.0. The van der Waals surface area contributed by atoms with E-state index in [9.17, 15) is 9.18 Å². The number of carbonyl (C=O) groups is 1. The molecule has 0 spiro atoms. The fourth-order valence-corrected chi connectivity index (χ4v) is 3.99. The number of unbranched alkanes of at least 4 members (excludes halogenated alkanes) is 5. The molecule has 0 bridgehead atoms. The normalized spacial score (nSPS) is 11.6. The lowest BCUT2D eigenvalue weighted by molar-refractivity contribution is -0.150. The first-order valence-electron chi connectivity index (χ1n) is 13.6. The molecule has 0 saturated carbocycles. The first kappa shape index (κ1) is 29.0. The van der Waals surface area contributed by atoms with Gasteiger partial charge in [-0.1, -0.05) is 81.5 Å². The van der Waals surface area contributed by atoms with Crippen LogP contribution >= 0.6 is 0 Å². The number of esters is 1. The summed E-state index contributed by atoms with van der Waals surface area (Å²) in [6.45, 7) is 6.67. The number of halogens is 1. The van der Waals surface area contributed by atoms with Crippen LogP contribution in [0.5, 0.6) is 17.2 Å². The second kappa shape index (κ2) is 15.7. The Kier molecular flexibility index (Phi) is 12.0. The molecule has 0 heterocycles. The van der Waals surface area contributed by atoms with Crippen LogP contribution in [0.25, 0.3) is 11.1 Å². The van der Waals surface area contributed by atoms with Crippen LogP contribution in [0.15, 0.2) is 66.7 Å². The molecule has 0 aliphatic carbocycles. The molecule has 1 atom stereocenters. The van der Waals surface area contributed by atoms with Crippen molar-refractivity contribution in [3.63, 3.8) is 0 Å². The molecule has 6 heteroatoms. The van der Waals surface area contributed by atoms with Crippen LogP contribution in [-0.4, -0.2) is 25.3 Å². The highest BCUT2D eigenvalue weighted by molar-refractivity contribution is 5.75. The Labute approximate surface area is 225 Å². The van der Waals surface area contributed by atoms with Crippen molar-refractivity contribution in [1.82, 2.24) is 0 Å². The molecule has 0 N–H and O–H groups in total. The second-order valence-electron chi connectivity index (χ2n) is 9.21. The Morgan fingerprint density at radius 1 is 0.789 bits per heavy atom. The predicted octanol–water partition coefficient (Wildman–Crippen LogP) is 8.14. The second-order valence-corrected chi connectivity index (χ2v) is 9.21. The van der Waals surface area contributed by atoms with Crippen LogP contribution in [-0.2, 0) is 16.1 Å². The maximum atomic E-state index is 14.9. The van der Waals surface area contributed by atoms with E-state index in [4.69, 9.17) is 18.9 Å². The van der Waals surface area contributed by atoms with Crippen molar-refractivity contribution in [2.75, 3.05) is 13.2 Å². The van der Waals surface area contributed by atoms with E-state index in [1.165, 1.54) is 31.7 Å². The van der Waals surface area contributed by atoms with E-state index in [1.54, 1.807) is 32.0 Å². The number of ether oxygens (including phenoxy) is 4.